The second-order valence-corrected chi connectivity index (χ2v) is 3.51. The molecule has 0 atom stereocenters. The van der Waals surface area contributed by atoms with Crippen molar-refractivity contribution in [2.24, 2.45) is 0 Å². The van der Waals surface area contributed by atoms with Crippen LogP contribution in [-0.2, 0) is 0 Å². The molecule has 16 heavy (non-hydrogen) atoms. The quantitative estimate of drug-likeness (QED) is 0.851. The lowest BCUT2D eigenvalue weighted by Crippen LogP contribution is -2.01. The highest BCUT2D eigenvalue weighted by Gasteiger charge is 2.04. The SMILES string of the molecule is CCNc1cncc(-c2ccncc2C)n1. The molecule has 0 aliphatic heterocycles. The first-order chi connectivity index (χ1) is 7.81. The molecule has 4 nitrogen and oxygen atoms in total. The van der Waals surface area contributed by atoms with E-state index in [4.69, 9.17) is 0 Å². The molecule has 2 rings (SSSR count). The van der Waals surface area contributed by atoms with E-state index in [2.05, 4.69) is 20.3 Å². The van der Waals surface area contributed by atoms with Crippen molar-refractivity contribution in [1.82, 2.24) is 15.0 Å². The first-order valence-electron chi connectivity index (χ1n) is 5.28. The molecule has 2 heterocycles. The van der Waals surface area contributed by atoms with Crippen molar-refractivity contribution in [2.45, 2.75) is 13.8 Å². The van der Waals surface area contributed by atoms with Gasteiger partial charge in [-0.25, -0.2) is 4.98 Å². The molecule has 0 unspecified atom stereocenters. The molecule has 1 N–H and O–H groups in total. The molecule has 0 saturated carbocycles. The van der Waals surface area contributed by atoms with E-state index in [0.717, 1.165) is 29.2 Å². The molecule has 0 bridgehead atoms. The van der Waals surface area contributed by atoms with Gasteiger partial charge in [-0.1, -0.05) is 0 Å². The van der Waals surface area contributed by atoms with Gasteiger partial charge in [0.25, 0.3) is 0 Å². The molecule has 2 aromatic rings. The largest absolute Gasteiger partial charge is 0.369 e. The van der Waals surface area contributed by atoms with E-state index in [9.17, 15) is 0 Å². The topological polar surface area (TPSA) is 50.7 Å². The van der Waals surface area contributed by atoms with Crippen molar-refractivity contribution >= 4 is 5.82 Å². The number of hydrogen-bond donors (Lipinski definition) is 1. The Bertz CT molecular complexity index is 482. The highest BCUT2D eigenvalue weighted by Crippen LogP contribution is 2.20. The third-order valence-corrected chi connectivity index (χ3v) is 2.29. The fourth-order valence-corrected chi connectivity index (χ4v) is 1.52. The Hall–Kier alpha value is -1.97. The van der Waals surface area contributed by atoms with Crippen molar-refractivity contribution in [3.63, 3.8) is 0 Å². The van der Waals surface area contributed by atoms with Crippen LogP contribution in [0.5, 0.6) is 0 Å². The summed E-state index contributed by atoms with van der Waals surface area (Å²) in [6.07, 6.45) is 7.09. The van der Waals surface area contributed by atoms with Crippen LogP contribution >= 0.6 is 0 Å². The lowest BCUT2D eigenvalue weighted by Gasteiger charge is -2.06. The van der Waals surface area contributed by atoms with Crippen molar-refractivity contribution in [3.05, 3.63) is 36.4 Å². The molecule has 0 aliphatic rings. The predicted octanol–water partition coefficient (Wildman–Crippen LogP) is 2.28. The number of aromatic nitrogens is 3. The minimum atomic E-state index is 0.802. The fraction of sp³-hybridized carbons (Fsp3) is 0.250. The van der Waals surface area contributed by atoms with Gasteiger partial charge in [-0.15, -0.1) is 0 Å². The maximum Gasteiger partial charge on any atom is 0.145 e. The summed E-state index contributed by atoms with van der Waals surface area (Å²) in [6.45, 7) is 4.89. The Kier molecular flexibility index (Phi) is 3.10. The van der Waals surface area contributed by atoms with Gasteiger partial charge in [-0.3, -0.25) is 9.97 Å². The standard InChI is InChI=1S/C12H14N4/c1-3-15-12-8-14-7-11(16-12)10-4-5-13-6-9(10)2/h4-8H,3H2,1-2H3,(H,15,16). The third-order valence-electron chi connectivity index (χ3n) is 2.29. The zero-order valence-electron chi connectivity index (χ0n) is 9.44. The minimum Gasteiger partial charge on any atom is -0.369 e. The summed E-state index contributed by atoms with van der Waals surface area (Å²) in [4.78, 5) is 12.7. The summed E-state index contributed by atoms with van der Waals surface area (Å²) in [6, 6.07) is 1.95. The Labute approximate surface area is 94.8 Å². The van der Waals surface area contributed by atoms with E-state index >= 15 is 0 Å². The van der Waals surface area contributed by atoms with E-state index in [1.165, 1.54) is 0 Å². The fourth-order valence-electron chi connectivity index (χ4n) is 1.52. The van der Waals surface area contributed by atoms with Crippen LogP contribution in [0.15, 0.2) is 30.9 Å². The van der Waals surface area contributed by atoms with Crippen molar-refractivity contribution < 1.29 is 0 Å². The number of pyridine rings is 1. The normalized spacial score (nSPS) is 10.1. The number of nitrogens with zero attached hydrogens (tertiary/aromatic N) is 3. The van der Waals surface area contributed by atoms with Crippen molar-refractivity contribution in [2.75, 3.05) is 11.9 Å². The van der Waals surface area contributed by atoms with Gasteiger partial charge in [-0.05, 0) is 25.5 Å². The van der Waals surface area contributed by atoms with Crippen LogP contribution in [0.2, 0.25) is 0 Å². The molecule has 4 heteroatoms. The zero-order valence-corrected chi connectivity index (χ0v) is 9.44. The third kappa shape index (κ3) is 2.16. The lowest BCUT2D eigenvalue weighted by atomic mass is 10.1. The van der Waals surface area contributed by atoms with Gasteiger partial charge in [0.05, 0.1) is 18.1 Å². The first kappa shape index (κ1) is 10.5. The molecule has 0 fully saturated rings. The van der Waals surface area contributed by atoms with Crippen LogP contribution in [0, 0.1) is 6.92 Å². The highest BCUT2D eigenvalue weighted by molar-refractivity contribution is 5.62. The number of aryl methyl sites for hydroxylation is 1. The van der Waals surface area contributed by atoms with Crippen molar-refractivity contribution in [3.8, 4) is 11.3 Å². The van der Waals surface area contributed by atoms with E-state index in [-0.39, 0.29) is 0 Å². The van der Waals surface area contributed by atoms with Gasteiger partial charge in [0.15, 0.2) is 0 Å². The van der Waals surface area contributed by atoms with Gasteiger partial charge < -0.3 is 5.32 Å². The van der Waals surface area contributed by atoms with Gasteiger partial charge in [0.2, 0.25) is 0 Å². The summed E-state index contributed by atoms with van der Waals surface area (Å²) < 4.78 is 0. The van der Waals surface area contributed by atoms with E-state index < -0.39 is 0 Å². The molecule has 0 amide bonds. The number of rotatable bonds is 3. The van der Waals surface area contributed by atoms with Gasteiger partial charge in [0, 0.05) is 24.5 Å². The smallest absolute Gasteiger partial charge is 0.145 e. The van der Waals surface area contributed by atoms with Crippen LogP contribution in [-0.4, -0.2) is 21.5 Å². The van der Waals surface area contributed by atoms with Crippen molar-refractivity contribution in [1.29, 1.82) is 0 Å². The number of nitrogens with one attached hydrogen (secondary N) is 1. The average Bonchev–Trinajstić information content (AvgIpc) is 2.30. The molecular weight excluding hydrogens is 200 g/mol. The van der Waals surface area contributed by atoms with Gasteiger partial charge in [0.1, 0.15) is 5.82 Å². The Morgan fingerprint density at radius 2 is 2.06 bits per heavy atom. The lowest BCUT2D eigenvalue weighted by molar-refractivity contribution is 1.12. The van der Waals surface area contributed by atoms with Crippen LogP contribution in [0.4, 0.5) is 5.82 Å². The maximum atomic E-state index is 4.49. The molecule has 0 aromatic carbocycles. The monoisotopic (exact) mass is 214 g/mol. The summed E-state index contributed by atoms with van der Waals surface area (Å²) >= 11 is 0. The van der Waals surface area contributed by atoms with Crippen LogP contribution < -0.4 is 5.32 Å². The Morgan fingerprint density at radius 3 is 2.81 bits per heavy atom. The molecule has 2 aromatic heterocycles. The summed E-state index contributed by atoms with van der Waals surface area (Å²) in [5, 5.41) is 3.15. The Balaban J connectivity index is 2.40. The van der Waals surface area contributed by atoms with E-state index in [0.29, 0.717) is 0 Å². The number of hydrogen-bond acceptors (Lipinski definition) is 4. The highest BCUT2D eigenvalue weighted by atomic mass is 15.0. The van der Waals surface area contributed by atoms with E-state index in [1.54, 1.807) is 18.6 Å². The molecule has 0 saturated heterocycles. The van der Waals surface area contributed by atoms with Gasteiger partial charge in [-0.2, -0.15) is 0 Å². The second kappa shape index (κ2) is 4.70. The van der Waals surface area contributed by atoms with Crippen LogP contribution in [0.25, 0.3) is 11.3 Å². The molecular formula is C12H14N4. The zero-order chi connectivity index (χ0) is 11.4. The minimum absolute atomic E-state index is 0.802. The molecule has 0 aliphatic carbocycles. The first-order valence-corrected chi connectivity index (χ1v) is 5.28. The summed E-state index contributed by atoms with van der Waals surface area (Å²) in [5.74, 6) is 0.802. The number of anilines is 1. The summed E-state index contributed by atoms with van der Waals surface area (Å²) in [7, 11) is 0. The van der Waals surface area contributed by atoms with Gasteiger partial charge >= 0.3 is 0 Å². The predicted molar refractivity (Wildman–Crippen MR) is 64.2 cm³/mol. The van der Waals surface area contributed by atoms with Crippen LogP contribution in [0.1, 0.15) is 12.5 Å². The summed E-state index contributed by atoms with van der Waals surface area (Å²) in [5.41, 5.74) is 3.05. The maximum absolute atomic E-state index is 4.49. The van der Waals surface area contributed by atoms with Crippen LogP contribution in [0.3, 0.4) is 0 Å². The molecule has 0 radical (unpaired) electrons. The molecule has 82 valence electrons. The second-order valence-electron chi connectivity index (χ2n) is 3.51. The van der Waals surface area contributed by atoms with E-state index in [1.807, 2.05) is 26.1 Å². The average molecular weight is 214 g/mol. The Morgan fingerprint density at radius 1 is 1.19 bits per heavy atom. The molecule has 0 spiro atoms.